The number of fused-ring (bicyclic) bond motifs is 12. The van der Waals surface area contributed by atoms with Gasteiger partial charge in [0.05, 0.1) is 10.9 Å². The van der Waals surface area contributed by atoms with Gasteiger partial charge in [0.1, 0.15) is 11.5 Å². The maximum Gasteiger partial charge on any atom is 0.146 e. The summed E-state index contributed by atoms with van der Waals surface area (Å²) in [5.41, 5.74) is 14.4. The quantitative estimate of drug-likeness (QED) is 0.202. The van der Waals surface area contributed by atoms with Crippen LogP contribution < -0.4 is 0 Å². The second kappa shape index (κ2) is 9.47. The summed E-state index contributed by atoms with van der Waals surface area (Å²) < 4.78 is 2.16. The van der Waals surface area contributed by atoms with Gasteiger partial charge in [0.2, 0.25) is 0 Å². The number of hydrogen-bond donors (Lipinski definition) is 0. The first-order valence-corrected chi connectivity index (χ1v) is 15.7. The Morgan fingerprint density at radius 2 is 1.11 bits per heavy atom. The summed E-state index contributed by atoms with van der Waals surface area (Å²) in [7, 11) is 0. The molecule has 214 valence electrons. The van der Waals surface area contributed by atoms with Gasteiger partial charge < -0.3 is 0 Å². The lowest BCUT2D eigenvalue weighted by Gasteiger charge is -2.35. The van der Waals surface area contributed by atoms with Crippen LogP contribution in [0.3, 0.4) is 0 Å². The van der Waals surface area contributed by atoms with Crippen LogP contribution in [0.5, 0.6) is 0 Å². The van der Waals surface area contributed by atoms with Crippen molar-refractivity contribution in [1.82, 2.24) is 14.5 Å². The minimum Gasteiger partial charge on any atom is -0.278 e. The Balaban J connectivity index is 1.22. The Morgan fingerprint density at radius 3 is 1.89 bits per heavy atom. The standard InChI is InChI=1S/C43H27N3/c1-4-14-36-28(10-1)18-19-29-11-2-5-15-37(29)43(36)38-16-6-3-12-32(38)34-26-30(20-22-39(34)43)31-21-23-40-35(27-31)33-13-9-25-45-42(33)46(40)41-17-7-8-24-44-41/h1-27H. The van der Waals surface area contributed by atoms with Crippen molar-refractivity contribution in [2.75, 3.05) is 0 Å². The molecule has 3 heterocycles. The molecule has 3 nitrogen and oxygen atoms in total. The number of rotatable bonds is 2. The molecule has 3 aromatic heterocycles. The minimum absolute atomic E-state index is 0.410. The Labute approximate surface area is 266 Å². The molecule has 2 aliphatic rings. The molecule has 0 bridgehead atoms. The molecule has 5 aromatic carbocycles. The van der Waals surface area contributed by atoms with Gasteiger partial charge in [0, 0.05) is 23.2 Å². The lowest BCUT2D eigenvalue weighted by atomic mass is 9.66. The Bertz CT molecular complexity index is 2490. The van der Waals surface area contributed by atoms with Gasteiger partial charge in [0.15, 0.2) is 0 Å². The molecule has 0 fully saturated rings. The highest BCUT2D eigenvalue weighted by Crippen LogP contribution is 2.58. The molecule has 1 spiro atoms. The average Bonchev–Trinajstić information content (AvgIpc) is 3.55. The number of aromatic nitrogens is 3. The zero-order chi connectivity index (χ0) is 30.2. The fraction of sp³-hybridized carbons (Fsp3) is 0.0233. The summed E-state index contributed by atoms with van der Waals surface area (Å²) >= 11 is 0. The molecule has 0 amide bonds. The molecule has 0 aliphatic heterocycles. The van der Waals surface area contributed by atoms with E-state index in [2.05, 4.69) is 137 Å². The van der Waals surface area contributed by atoms with Crippen LogP contribution in [-0.4, -0.2) is 14.5 Å². The Kier molecular flexibility index (Phi) is 5.20. The molecule has 0 radical (unpaired) electrons. The molecular formula is C43H27N3. The third kappa shape index (κ3) is 3.32. The predicted octanol–water partition coefficient (Wildman–Crippen LogP) is 10.1. The van der Waals surface area contributed by atoms with Gasteiger partial charge in [-0.2, -0.15) is 0 Å². The van der Waals surface area contributed by atoms with Crippen molar-refractivity contribution in [3.8, 4) is 28.1 Å². The van der Waals surface area contributed by atoms with E-state index < -0.39 is 5.41 Å². The molecule has 0 N–H and O–H groups in total. The largest absolute Gasteiger partial charge is 0.278 e. The van der Waals surface area contributed by atoms with Crippen molar-refractivity contribution in [2.45, 2.75) is 5.41 Å². The molecule has 0 unspecified atom stereocenters. The zero-order valence-corrected chi connectivity index (χ0v) is 24.9. The normalized spacial score (nSPS) is 13.7. The van der Waals surface area contributed by atoms with E-state index in [0.29, 0.717) is 0 Å². The third-order valence-electron chi connectivity index (χ3n) is 9.95. The van der Waals surface area contributed by atoms with E-state index in [4.69, 9.17) is 4.98 Å². The van der Waals surface area contributed by atoms with Crippen LogP contribution in [0.15, 0.2) is 152 Å². The van der Waals surface area contributed by atoms with Crippen LogP contribution in [0.1, 0.15) is 33.4 Å². The van der Waals surface area contributed by atoms with Crippen molar-refractivity contribution < 1.29 is 0 Å². The van der Waals surface area contributed by atoms with Gasteiger partial charge in [-0.1, -0.05) is 109 Å². The van der Waals surface area contributed by atoms with E-state index in [9.17, 15) is 0 Å². The minimum atomic E-state index is -0.410. The fourth-order valence-electron chi connectivity index (χ4n) is 8.08. The molecule has 8 aromatic rings. The van der Waals surface area contributed by atoms with E-state index in [-0.39, 0.29) is 0 Å². The van der Waals surface area contributed by atoms with E-state index >= 15 is 0 Å². The average molecular weight is 586 g/mol. The first kappa shape index (κ1) is 25.3. The number of benzene rings is 5. The van der Waals surface area contributed by atoms with Crippen molar-refractivity contribution in [3.05, 3.63) is 185 Å². The van der Waals surface area contributed by atoms with Gasteiger partial charge in [-0.05, 0) is 98.1 Å². The van der Waals surface area contributed by atoms with Gasteiger partial charge in [-0.25, -0.2) is 9.97 Å². The van der Waals surface area contributed by atoms with E-state index in [1.54, 1.807) is 0 Å². The van der Waals surface area contributed by atoms with Crippen molar-refractivity contribution in [2.24, 2.45) is 0 Å². The molecule has 0 saturated carbocycles. The number of hydrogen-bond acceptors (Lipinski definition) is 2. The van der Waals surface area contributed by atoms with E-state index in [0.717, 1.165) is 22.4 Å². The summed E-state index contributed by atoms with van der Waals surface area (Å²) in [6.45, 7) is 0. The van der Waals surface area contributed by atoms with Crippen LogP contribution in [-0.2, 0) is 5.41 Å². The molecular weight excluding hydrogens is 558 g/mol. The summed E-state index contributed by atoms with van der Waals surface area (Å²) in [6, 6.07) is 50.8. The summed E-state index contributed by atoms with van der Waals surface area (Å²) in [6.07, 6.45) is 8.25. The Hall–Kier alpha value is -6.06. The van der Waals surface area contributed by atoms with Gasteiger partial charge in [-0.3, -0.25) is 4.57 Å². The fourth-order valence-corrected chi connectivity index (χ4v) is 8.08. The molecule has 0 atom stereocenters. The highest BCUT2D eigenvalue weighted by molar-refractivity contribution is 6.09. The second-order valence-electron chi connectivity index (χ2n) is 12.2. The summed E-state index contributed by atoms with van der Waals surface area (Å²) in [5.74, 6) is 0.867. The smallest absolute Gasteiger partial charge is 0.146 e. The molecule has 3 heteroatoms. The highest BCUT2D eigenvalue weighted by Gasteiger charge is 2.48. The topological polar surface area (TPSA) is 30.7 Å². The van der Waals surface area contributed by atoms with Gasteiger partial charge >= 0.3 is 0 Å². The first-order chi connectivity index (χ1) is 22.8. The zero-order valence-electron chi connectivity index (χ0n) is 24.9. The van der Waals surface area contributed by atoms with Crippen LogP contribution in [0, 0.1) is 0 Å². The van der Waals surface area contributed by atoms with Crippen molar-refractivity contribution in [3.63, 3.8) is 0 Å². The van der Waals surface area contributed by atoms with Crippen LogP contribution in [0.2, 0.25) is 0 Å². The highest BCUT2D eigenvalue weighted by atomic mass is 15.1. The number of pyridine rings is 2. The molecule has 0 saturated heterocycles. The molecule has 10 rings (SSSR count). The van der Waals surface area contributed by atoms with Gasteiger partial charge in [-0.15, -0.1) is 0 Å². The summed E-state index contributed by atoms with van der Waals surface area (Å²) in [4.78, 5) is 9.44. The lowest BCUT2D eigenvalue weighted by Crippen LogP contribution is -2.29. The van der Waals surface area contributed by atoms with E-state index in [1.807, 2.05) is 36.7 Å². The lowest BCUT2D eigenvalue weighted by molar-refractivity contribution is 0.766. The SMILES string of the molecule is C1=Cc2ccccc2C2(c3ccccc31)c1ccccc1-c1cc(-c3ccc4c(c3)c3cccnc3n4-c3ccccn3)ccc12. The summed E-state index contributed by atoms with van der Waals surface area (Å²) in [5, 5.41) is 2.29. The first-order valence-electron chi connectivity index (χ1n) is 15.7. The van der Waals surface area contributed by atoms with Crippen LogP contribution >= 0.6 is 0 Å². The molecule has 46 heavy (non-hydrogen) atoms. The van der Waals surface area contributed by atoms with E-state index in [1.165, 1.54) is 61.0 Å². The number of nitrogens with zero attached hydrogens (tertiary/aromatic N) is 3. The predicted molar refractivity (Wildman–Crippen MR) is 188 cm³/mol. The maximum atomic E-state index is 4.78. The second-order valence-corrected chi connectivity index (χ2v) is 12.2. The third-order valence-corrected chi connectivity index (χ3v) is 9.95. The van der Waals surface area contributed by atoms with Crippen molar-refractivity contribution >= 4 is 34.1 Å². The van der Waals surface area contributed by atoms with Gasteiger partial charge in [0.25, 0.3) is 0 Å². The van der Waals surface area contributed by atoms with Crippen molar-refractivity contribution in [1.29, 1.82) is 0 Å². The molecule has 2 aliphatic carbocycles. The monoisotopic (exact) mass is 585 g/mol. The Morgan fingerprint density at radius 1 is 0.457 bits per heavy atom. The van der Waals surface area contributed by atoms with Crippen LogP contribution in [0.25, 0.3) is 62.2 Å². The van der Waals surface area contributed by atoms with Crippen LogP contribution in [0.4, 0.5) is 0 Å². The maximum absolute atomic E-state index is 4.78.